The molecule has 0 saturated carbocycles. The van der Waals surface area contributed by atoms with Gasteiger partial charge in [0.15, 0.2) is 4.80 Å². The maximum atomic E-state index is 12.3. The normalized spacial score (nSPS) is 11.9. The van der Waals surface area contributed by atoms with Crippen LogP contribution in [0.5, 0.6) is 5.75 Å². The molecular weight excluding hydrogens is 407 g/mol. The number of methoxy groups -OCH3 is 1. The summed E-state index contributed by atoms with van der Waals surface area (Å²) < 4.78 is 13.5. The molecule has 0 N–H and O–H groups in total. The number of nitrogens with zero attached hydrogens (tertiary/aromatic N) is 2. The van der Waals surface area contributed by atoms with Crippen molar-refractivity contribution in [2.24, 2.45) is 4.99 Å². The number of aromatic nitrogens is 1. The fourth-order valence-electron chi connectivity index (χ4n) is 2.54. The summed E-state index contributed by atoms with van der Waals surface area (Å²) in [6.45, 7) is 1.27. The van der Waals surface area contributed by atoms with E-state index in [-0.39, 0.29) is 18.9 Å². The minimum Gasteiger partial charge on any atom is -0.493 e. The maximum Gasteiger partial charge on any atom is 0.251 e. The van der Waals surface area contributed by atoms with E-state index < -0.39 is 0 Å². The van der Waals surface area contributed by atoms with E-state index in [1.807, 2.05) is 41.0 Å². The molecule has 0 aliphatic carbocycles. The third kappa shape index (κ3) is 5.11. The molecule has 0 aliphatic rings. The van der Waals surface area contributed by atoms with E-state index in [1.165, 1.54) is 11.3 Å². The van der Waals surface area contributed by atoms with E-state index in [1.54, 1.807) is 13.2 Å². The molecule has 0 saturated heterocycles. The fourth-order valence-corrected chi connectivity index (χ4v) is 4.40. The monoisotopic (exact) mass is 424 g/mol. The number of fused-ring (bicyclic) bond motifs is 1. The smallest absolute Gasteiger partial charge is 0.251 e. The van der Waals surface area contributed by atoms with Crippen molar-refractivity contribution in [3.05, 3.63) is 57.3 Å². The van der Waals surface area contributed by atoms with E-state index in [0.29, 0.717) is 28.0 Å². The van der Waals surface area contributed by atoms with Crippen molar-refractivity contribution < 1.29 is 14.3 Å². The van der Waals surface area contributed by atoms with Gasteiger partial charge in [0.1, 0.15) is 5.75 Å². The summed E-state index contributed by atoms with van der Waals surface area (Å²) in [4.78, 5) is 17.1. The van der Waals surface area contributed by atoms with E-state index in [0.717, 1.165) is 16.0 Å². The quantitative estimate of drug-likeness (QED) is 0.558. The molecule has 8 heteroatoms. The molecule has 0 fully saturated rings. The molecule has 27 heavy (non-hydrogen) atoms. The molecule has 3 aromatic rings. The molecule has 3 rings (SSSR count). The lowest BCUT2D eigenvalue weighted by molar-refractivity contribution is -0.118. The van der Waals surface area contributed by atoms with Crippen molar-refractivity contribution in [3.63, 3.8) is 0 Å². The third-order valence-corrected chi connectivity index (χ3v) is 5.29. The number of para-hydroxylation sites is 1. The molecule has 1 amide bonds. The molecule has 0 unspecified atom stereocenters. The van der Waals surface area contributed by atoms with Crippen LogP contribution in [0, 0.1) is 0 Å². The Morgan fingerprint density at radius 1 is 1.19 bits per heavy atom. The highest BCUT2D eigenvalue weighted by atomic mass is 35.5. The number of hydrogen-bond acceptors (Lipinski definition) is 4. The molecule has 1 heterocycles. The highest BCUT2D eigenvalue weighted by Crippen LogP contribution is 2.29. The molecular formula is C19H18Cl2N2O3S. The highest BCUT2D eigenvalue weighted by molar-refractivity contribution is 7.16. The van der Waals surface area contributed by atoms with Gasteiger partial charge in [0.2, 0.25) is 0 Å². The topological polar surface area (TPSA) is 52.8 Å². The summed E-state index contributed by atoms with van der Waals surface area (Å²) in [5.41, 5.74) is 0.801. The number of hydrogen-bond donors (Lipinski definition) is 0. The van der Waals surface area contributed by atoms with E-state index in [2.05, 4.69) is 4.99 Å². The maximum absolute atomic E-state index is 12.3. The number of carbonyl (C=O) groups excluding carboxylic acids is 1. The van der Waals surface area contributed by atoms with Crippen molar-refractivity contribution in [3.8, 4) is 5.75 Å². The average molecular weight is 425 g/mol. The Labute approximate surface area is 170 Å². The summed E-state index contributed by atoms with van der Waals surface area (Å²) in [6, 6.07) is 12.9. The zero-order valence-electron chi connectivity index (χ0n) is 14.7. The van der Waals surface area contributed by atoms with Crippen LogP contribution < -0.4 is 9.54 Å². The van der Waals surface area contributed by atoms with Crippen LogP contribution in [0.3, 0.4) is 0 Å². The van der Waals surface area contributed by atoms with Gasteiger partial charge < -0.3 is 14.0 Å². The molecule has 0 bridgehead atoms. The lowest BCUT2D eigenvalue weighted by atomic mass is 10.3. The summed E-state index contributed by atoms with van der Waals surface area (Å²) in [5.74, 6) is 0.467. The number of rotatable bonds is 7. The first kappa shape index (κ1) is 19.9. The first-order chi connectivity index (χ1) is 13.1. The van der Waals surface area contributed by atoms with Gasteiger partial charge in [-0.15, -0.1) is 0 Å². The second-order valence-corrected chi connectivity index (χ2v) is 7.53. The molecule has 5 nitrogen and oxygen atoms in total. The van der Waals surface area contributed by atoms with Crippen LogP contribution in [-0.4, -0.2) is 30.8 Å². The Balaban J connectivity index is 1.83. The highest BCUT2D eigenvalue weighted by Gasteiger charge is 2.12. The number of halogens is 2. The van der Waals surface area contributed by atoms with Gasteiger partial charge >= 0.3 is 0 Å². The summed E-state index contributed by atoms with van der Waals surface area (Å²) in [5, 5.41) is 1.06. The van der Waals surface area contributed by atoms with Gasteiger partial charge in [-0.1, -0.05) is 52.7 Å². The Bertz CT molecular complexity index is 999. The van der Waals surface area contributed by atoms with Crippen LogP contribution in [0.2, 0.25) is 10.0 Å². The number of benzene rings is 2. The molecule has 0 radical (unpaired) electrons. The zero-order valence-corrected chi connectivity index (χ0v) is 17.0. The largest absolute Gasteiger partial charge is 0.493 e. The minimum absolute atomic E-state index is 0.182. The van der Waals surface area contributed by atoms with Crippen LogP contribution in [0.4, 0.5) is 0 Å². The van der Waals surface area contributed by atoms with Gasteiger partial charge in [-0.05, 0) is 24.3 Å². The first-order valence-corrected chi connectivity index (χ1v) is 9.88. The van der Waals surface area contributed by atoms with Crippen LogP contribution in [-0.2, 0) is 16.1 Å². The van der Waals surface area contributed by atoms with Crippen molar-refractivity contribution >= 4 is 50.7 Å². The number of ether oxygens (including phenoxy) is 2. The molecule has 142 valence electrons. The number of carbonyl (C=O) groups is 1. The van der Waals surface area contributed by atoms with Gasteiger partial charge in [-0.3, -0.25) is 4.79 Å². The van der Waals surface area contributed by atoms with Crippen molar-refractivity contribution in [2.45, 2.75) is 13.0 Å². The standard InChI is InChI=1S/C19H18Cl2N2O3S/c1-25-10-8-23-18-15(21)11-13(20)12-16(18)27-19(23)22-17(24)7-9-26-14-5-3-2-4-6-14/h2-6,11-12H,7-10H2,1H3. The first-order valence-electron chi connectivity index (χ1n) is 8.31. The van der Waals surface area contributed by atoms with E-state index >= 15 is 0 Å². The SMILES string of the molecule is COCCn1c(=NC(=O)CCOc2ccccc2)sc2cc(Cl)cc(Cl)c21. The predicted octanol–water partition coefficient (Wildman–Crippen LogP) is 4.55. The Morgan fingerprint density at radius 2 is 1.96 bits per heavy atom. The summed E-state index contributed by atoms with van der Waals surface area (Å²) in [7, 11) is 1.62. The van der Waals surface area contributed by atoms with Crippen molar-refractivity contribution in [2.75, 3.05) is 20.3 Å². The fraction of sp³-hybridized carbons (Fsp3) is 0.263. The lowest BCUT2D eigenvalue weighted by Crippen LogP contribution is -2.20. The van der Waals surface area contributed by atoms with Gasteiger partial charge in [0.25, 0.3) is 5.91 Å². The van der Waals surface area contributed by atoms with E-state index in [9.17, 15) is 4.79 Å². The zero-order chi connectivity index (χ0) is 19.2. The van der Waals surface area contributed by atoms with Crippen LogP contribution in [0.15, 0.2) is 47.5 Å². The lowest BCUT2D eigenvalue weighted by Gasteiger charge is -2.06. The van der Waals surface area contributed by atoms with E-state index in [4.69, 9.17) is 32.7 Å². The van der Waals surface area contributed by atoms with Crippen molar-refractivity contribution in [1.82, 2.24) is 4.57 Å². The molecule has 0 spiro atoms. The third-order valence-electron chi connectivity index (χ3n) is 3.76. The molecule has 2 aromatic carbocycles. The number of amides is 1. The van der Waals surface area contributed by atoms with Crippen molar-refractivity contribution in [1.29, 1.82) is 0 Å². The van der Waals surface area contributed by atoms with Crippen LogP contribution in [0.1, 0.15) is 6.42 Å². The number of thiazole rings is 1. The molecule has 0 aliphatic heterocycles. The summed E-state index contributed by atoms with van der Waals surface area (Å²) >= 11 is 13.8. The summed E-state index contributed by atoms with van der Waals surface area (Å²) in [6.07, 6.45) is 0.182. The van der Waals surface area contributed by atoms with Gasteiger partial charge in [0, 0.05) is 18.7 Å². The Kier molecular flexibility index (Phi) is 6.90. The second kappa shape index (κ2) is 9.37. The van der Waals surface area contributed by atoms with Crippen LogP contribution >= 0.6 is 34.5 Å². The van der Waals surface area contributed by atoms with Gasteiger partial charge in [-0.2, -0.15) is 4.99 Å². The predicted molar refractivity (Wildman–Crippen MR) is 109 cm³/mol. The molecule has 0 atom stereocenters. The minimum atomic E-state index is -0.258. The van der Waals surface area contributed by atoms with Gasteiger partial charge in [-0.25, -0.2) is 0 Å². The second-order valence-electron chi connectivity index (χ2n) is 5.68. The van der Waals surface area contributed by atoms with Gasteiger partial charge in [0.05, 0.1) is 34.9 Å². The molecule has 1 aromatic heterocycles. The Hall–Kier alpha value is -1.86. The average Bonchev–Trinajstić information content (AvgIpc) is 2.97. The Morgan fingerprint density at radius 3 is 2.70 bits per heavy atom. The van der Waals surface area contributed by atoms with Crippen LogP contribution in [0.25, 0.3) is 10.2 Å².